The average Bonchev–Trinajstić information content (AvgIpc) is 3.09. The number of fused-ring (bicyclic) bond motifs is 1. The number of rotatable bonds is 6. The van der Waals surface area contributed by atoms with Gasteiger partial charge in [-0.05, 0) is 37.0 Å². The van der Waals surface area contributed by atoms with E-state index in [0.717, 1.165) is 42.6 Å². The van der Waals surface area contributed by atoms with Crippen molar-refractivity contribution >= 4 is 22.8 Å². The highest BCUT2D eigenvalue weighted by molar-refractivity contribution is 5.89. The Bertz CT molecular complexity index is 1020. The molecule has 1 aliphatic heterocycles. The number of amides is 1. The number of morpholine rings is 1. The van der Waals surface area contributed by atoms with Crippen LogP contribution in [0.2, 0.25) is 0 Å². The van der Waals surface area contributed by atoms with Crippen LogP contribution < -0.4 is 16.0 Å². The number of unbranched alkanes of at least 4 members (excludes halogenated alkanes) is 1. The number of nitrogens with zero attached hydrogens (tertiary/aromatic N) is 2. The van der Waals surface area contributed by atoms with E-state index in [1.54, 1.807) is 6.07 Å². The van der Waals surface area contributed by atoms with Crippen molar-refractivity contribution in [2.45, 2.75) is 19.3 Å². The van der Waals surface area contributed by atoms with Crippen LogP contribution in [0.5, 0.6) is 0 Å². The Morgan fingerprint density at radius 1 is 1.03 bits per heavy atom. The van der Waals surface area contributed by atoms with E-state index in [9.17, 15) is 9.59 Å². The lowest BCUT2D eigenvalue weighted by molar-refractivity contribution is 0.122. The maximum atomic E-state index is 12.5. The summed E-state index contributed by atoms with van der Waals surface area (Å²) in [6.45, 7) is 3.45. The second-order valence-corrected chi connectivity index (χ2v) is 7.13. The minimum atomic E-state index is -0.666. The Morgan fingerprint density at radius 2 is 1.83 bits per heavy atom. The second-order valence-electron chi connectivity index (χ2n) is 7.13. The molecular formula is C22H25N3O4. The third kappa shape index (κ3) is 4.51. The third-order valence-electron chi connectivity index (χ3n) is 5.15. The quantitative estimate of drug-likeness (QED) is 0.650. The topological polar surface area (TPSA) is 76.7 Å². The van der Waals surface area contributed by atoms with Gasteiger partial charge >= 0.3 is 11.8 Å². The lowest BCUT2D eigenvalue weighted by atomic mass is 10.1. The van der Waals surface area contributed by atoms with Gasteiger partial charge in [0.05, 0.1) is 13.2 Å². The maximum absolute atomic E-state index is 12.5. The van der Waals surface area contributed by atoms with Crippen molar-refractivity contribution in [3.05, 3.63) is 64.6 Å². The molecule has 0 aliphatic carbocycles. The van der Waals surface area contributed by atoms with E-state index in [1.807, 2.05) is 30.3 Å². The minimum Gasteiger partial charge on any atom is -0.407 e. The zero-order valence-corrected chi connectivity index (χ0v) is 16.3. The monoisotopic (exact) mass is 395 g/mol. The highest BCUT2D eigenvalue weighted by Crippen LogP contribution is 2.22. The Balaban J connectivity index is 1.37. The summed E-state index contributed by atoms with van der Waals surface area (Å²) in [5.41, 5.74) is 3.14. The fourth-order valence-electron chi connectivity index (χ4n) is 3.59. The zero-order valence-electron chi connectivity index (χ0n) is 16.3. The van der Waals surface area contributed by atoms with Gasteiger partial charge in [-0.3, -0.25) is 0 Å². The molecule has 2 heterocycles. The van der Waals surface area contributed by atoms with E-state index in [0.29, 0.717) is 30.9 Å². The molecule has 1 aromatic heterocycles. The molecule has 3 aromatic rings. The summed E-state index contributed by atoms with van der Waals surface area (Å²) in [6, 6.07) is 15.3. The minimum absolute atomic E-state index is 0.415. The molecule has 2 aromatic carbocycles. The van der Waals surface area contributed by atoms with E-state index in [-0.39, 0.29) is 0 Å². The van der Waals surface area contributed by atoms with Crippen LogP contribution in [0.3, 0.4) is 0 Å². The van der Waals surface area contributed by atoms with Crippen molar-refractivity contribution in [2.24, 2.45) is 0 Å². The molecular weight excluding hydrogens is 370 g/mol. The van der Waals surface area contributed by atoms with E-state index < -0.39 is 11.8 Å². The van der Waals surface area contributed by atoms with Gasteiger partial charge in [0, 0.05) is 31.4 Å². The molecule has 0 bridgehead atoms. The smallest absolute Gasteiger partial charge is 0.407 e. The summed E-state index contributed by atoms with van der Waals surface area (Å²) < 4.78 is 11.8. The molecule has 1 fully saturated rings. The van der Waals surface area contributed by atoms with Crippen molar-refractivity contribution in [3.63, 3.8) is 0 Å². The molecule has 4 rings (SSSR count). The fraction of sp³-hybridized carbons (Fsp3) is 0.364. The molecule has 0 saturated carbocycles. The molecule has 152 valence electrons. The predicted molar refractivity (Wildman–Crippen MR) is 112 cm³/mol. The van der Waals surface area contributed by atoms with Crippen molar-refractivity contribution in [1.29, 1.82) is 0 Å². The van der Waals surface area contributed by atoms with Crippen LogP contribution in [0.4, 0.5) is 10.5 Å². The van der Waals surface area contributed by atoms with Gasteiger partial charge < -0.3 is 19.4 Å². The number of hydrogen-bond acceptors (Lipinski definition) is 5. The van der Waals surface area contributed by atoms with Crippen LogP contribution in [0.15, 0.2) is 57.7 Å². The lowest BCUT2D eigenvalue weighted by Crippen LogP contribution is -2.36. The summed E-state index contributed by atoms with van der Waals surface area (Å²) in [6.07, 6.45) is 2.77. The molecule has 1 saturated heterocycles. The summed E-state index contributed by atoms with van der Waals surface area (Å²) in [7, 11) is 0. The number of anilines is 1. The van der Waals surface area contributed by atoms with Crippen LogP contribution in [0, 0.1) is 0 Å². The first kappa shape index (κ1) is 19.3. The number of oxazole rings is 1. The maximum Gasteiger partial charge on any atom is 0.428 e. The Morgan fingerprint density at radius 3 is 2.62 bits per heavy atom. The molecule has 0 radical (unpaired) electrons. The molecule has 0 atom stereocenters. The molecule has 0 unspecified atom stereocenters. The molecule has 29 heavy (non-hydrogen) atoms. The number of aryl methyl sites for hydroxylation is 1. The van der Waals surface area contributed by atoms with Crippen LogP contribution in [0.25, 0.3) is 11.1 Å². The fourth-order valence-corrected chi connectivity index (χ4v) is 3.59. The third-order valence-corrected chi connectivity index (χ3v) is 5.15. The number of carbonyl (C=O) groups excluding carboxylic acids is 1. The van der Waals surface area contributed by atoms with Gasteiger partial charge in [0.2, 0.25) is 0 Å². The Kier molecular flexibility index (Phi) is 5.95. The first-order valence-corrected chi connectivity index (χ1v) is 10.0. The van der Waals surface area contributed by atoms with Gasteiger partial charge in [-0.1, -0.05) is 30.3 Å². The van der Waals surface area contributed by atoms with E-state index in [1.165, 1.54) is 5.56 Å². The van der Waals surface area contributed by atoms with E-state index >= 15 is 0 Å². The van der Waals surface area contributed by atoms with Gasteiger partial charge in [-0.15, -0.1) is 0 Å². The van der Waals surface area contributed by atoms with Crippen molar-refractivity contribution < 1.29 is 13.9 Å². The number of benzene rings is 2. The van der Waals surface area contributed by atoms with Crippen molar-refractivity contribution in [3.8, 4) is 0 Å². The van der Waals surface area contributed by atoms with Crippen LogP contribution in [-0.2, 0) is 11.2 Å². The first-order valence-electron chi connectivity index (χ1n) is 10.0. The first-order chi connectivity index (χ1) is 14.2. The number of carbonyl (C=O) groups is 1. The van der Waals surface area contributed by atoms with Crippen molar-refractivity contribution in [2.75, 3.05) is 37.7 Å². The number of ether oxygens (including phenoxy) is 1. The van der Waals surface area contributed by atoms with Crippen molar-refractivity contribution in [1.82, 2.24) is 9.88 Å². The predicted octanol–water partition coefficient (Wildman–Crippen LogP) is 3.01. The molecule has 1 aliphatic rings. The standard InChI is InChI=1S/C22H25N3O4/c26-21(23-11-5-4-8-17-6-2-1-3-7-17)25-19-10-9-18(16-20(19)29-22(25)27)24-12-14-28-15-13-24/h1-3,6-7,9-10,16H,4-5,8,11-15H2,(H,23,26). The van der Waals surface area contributed by atoms with E-state index in [2.05, 4.69) is 22.3 Å². The largest absolute Gasteiger partial charge is 0.428 e. The molecule has 1 amide bonds. The lowest BCUT2D eigenvalue weighted by Gasteiger charge is -2.28. The number of hydrogen-bond donors (Lipinski definition) is 1. The van der Waals surface area contributed by atoms with Crippen LogP contribution in [0.1, 0.15) is 18.4 Å². The average molecular weight is 395 g/mol. The number of aromatic nitrogens is 1. The SMILES string of the molecule is O=C(NCCCCc1ccccc1)n1c(=O)oc2cc(N3CCOCC3)ccc21. The molecule has 1 N–H and O–H groups in total. The summed E-state index contributed by atoms with van der Waals surface area (Å²) in [5, 5.41) is 2.82. The Hall–Kier alpha value is -3.06. The summed E-state index contributed by atoms with van der Waals surface area (Å²) >= 11 is 0. The normalized spacial score (nSPS) is 14.3. The molecule has 7 heteroatoms. The highest BCUT2D eigenvalue weighted by Gasteiger charge is 2.18. The van der Waals surface area contributed by atoms with Crippen LogP contribution >= 0.6 is 0 Å². The van der Waals surface area contributed by atoms with Gasteiger partial charge in [-0.25, -0.2) is 9.59 Å². The van der Waals surface area contributed by atoms with E-state index in [4.69, 9.17) is 9.15 Å². The van der Waals surface area contributed by atoms with Crippen LogP contribution in [-0.4, -0.2) is 43.4 Å². The second kappa shape index (κ2) is 8.96. The van der Waals surface area contributed by atoms with Gasteiger partial charge in [0.1, 0.15) is 5.52 Å². The zero-order chi connectivity index (χ0) is 20.1. The van der Waals surface area contributed by atoms with Gasteiger partial charge in [0.15, 0.2) is 5.58 Å². The molecule has 7 nitrogen and oxygen atoms in total. The number of nitrogens with one attached hydrogen (secondary N) is 1. The summed E-state index contributed by atoms with van der Waals surface area (Å²) in [5.74, 6) is -0.666. The summed E-state index contributed by atoms with van der Waals surface area (Å²) in [4.78, 5) is 26.9. The Labute approximate surface area is 168 Å². The highest BCUT2D eigenvalue weighted by atomic mass is 16.5. The van der Waals surface area contributed by atoms with Gasteiger partial charge in [0.25, 0.3) is 0 Å². The van der Waals surface area contributed by atoms with Gasteiger partial charge in [-0.2, -0.15) is 4.57 Å². The molecule has 0 spiro atoms.